The minimum atomic E-state index is -0.552. The molecule has 1 heterocycles. The third-order valence-electron chi connectivity index (χ3n) is 3.88. The average molecular weight is 282 g/mol. The molecule has 0 spiro atoms. The number of hydrogen-bond donors (Lipinski definition) is 1. The fourth-order valence-electron chi connectivity index (χ4n) is 2.74. The van der Waals surface area contributed by atoms with Gasteiger partial charge in [-0.05, 0) is 43.2 Å². The van der Waals surface area contributed by atoms with Crippen LogP contribution in [-0.4, -0.2) is 30.4 Å². The van der Waals surface area contributed by atoms with Gasteiger partial charge in [-0.3, -0.25) is 4.79 Å². The van der Waals surface area contributed by atoms with E-state index in [1.54, 1.807) is 4.90 Å². The van der Waals surface area contributed by atoms with Gasteiger partial charge < -0.3 is 10.6 Å². The predicted molar refractivity (Wildman–Crippen MR) is 73.0 cm³/mol. The maximum atomic E-state index is 13.5. The maximum Gasteiger partial charge on any atom is 0.236 e. The van der Waals surface area contributed by atoms with Crippen molar-refractivity contribution >= 4 is 5.91 Å². The van der Waals surface area contributed by atoms with Crippen LogP contribution in [0.5, 0.6) is 0 Å². The Morgan fingerprint density at radius 1 is 1.40 bits per heavy atom. The zero-order valence-corrected chi connectivity index (χ0v) is 11.4. The average Bonchev–Trinajstić information content (AvgIpc) is 2.46. The van der Waals surface area contributed by atoms with Crippen molar-refractivity contribution in [3.63, 3.8) is 0 Å². The molecule has 0 aliphatic carbocycles. The van der Waals surface area contributed by atoms with Crippen LogP contribution in [0.4, 0.5) is 8.78 Å². The van der Waals surface area contributed by atoms with Crippen LogP contribution in [0.2, 0.25) is 0 Å². The minimum absolute atomic E-state index is 0.0253. The van der Waals surface area contributed by atoms with Gasteiger partial charge in [-0.25, -0.2) is 8.78 Å². The number of amides is 1. The molecule has 20 heavy (non-hydrogen) atoms. The van der Waals surface area contributed by atoms with E-state index in [-0.39, 0.29) is 12.5 Å². The van der Waals surface area contributed by atoms with Crippen molar-refractivity contribution in [3.8, 4) is 0 Å². The first kappa shape index (κ1) is 14.9. The number of halogens is 2. The summed E-state index contributed by atoms with van der Waals surface area (Å²) in [7, 11) is 0. The molecule has 2 rings (SSSR count). The van der Waals surface area contributed by atoms with Crippen molar-refractivity contribution < 1.29 is 13.6 Å². The Balaban J connectivity index is 1.88. The molecule has 1 saturated heterocycles. The number of rotatable bonds is 4. The third-order valence-corrected chi connectivity index (χ3v) is 3.88. The van der Waals surface area contributed by atoms with Gasteiger partial charge in [0.1, 0.15) is 11.6 Å². The summed E-state index contributed by atoms with van der Waals surface area (Å²) in [4.78, 5) is 13.4. The van der Waals surface area contributed by atoms with Gasteiger partial charge in [0.25, 0.3) is 0 Å². The highest BCUT2D eigenvalue weighted by Crippen LogP contribution is 2.22. The molecule has 2 N–H and O–H groups in total. The van der Waals surface area contributed by atoms with Crippen molar-refractivity contribution in [1.29, 1.82) is 0 Å². The maximum absolute atomic E-state index is 13.5. The second-order valence-corrected chi connectivity index (χ2v) is 5.33. The smallest absolute Gasteiger partial charge is 0.236 e. The van der Waals surface area contributed by atoms with Gasteiger partial charge in [-0.15, -0.1) is 0 Å². The molecule has 0 bridgehead atoms. The lowest BCUT2D eigenvalue weighted by atomic mass is 9.91. The molecule has 1 aromatic carbocycles. The van der Waals surface area contributed by atoms with Crippen LogP contribution in [0.15, 0.2) is 18.2 Å². The number of carbonyl (C=O) groups is 1. The summed E-state index contributed by atoms with van der Waals surface area (Å²) in [6.45, 7) is 1.50. The number of benzene rings is 1. The summed E-state index contributed by atoms with van der Waals surface area (Å²) in [5.41, 5.74) is 5.91. The van der Waals surface area contributed by atoms with E-state index in [9.17, 15) is 13.6 Å². The number of nitrogens with zero attached hydrogens (tertiary/aromatic N) is 1. The largest absolute Gasteiger partial charge is 0.341 e. The molecule has 1 amide bonds. The highest BCUT2D eigenvalue weighted by Gasteiger charge is 2.22. The first-order chi connectivity index (χ1) is 9.60. The fourth-order valence-corrected chi connectivity index (χ4v) is 2.74. The van der Waals surface area contributed by atoms with Crippen molar-refractivity contribution in [2.45, 2.75) is 25.7 Å². The van der Waals surface area contributed by atoms with Gasteiger partial charge in [0.2, 0.25) is 5.91 Å². The van der Waals surface area contributed by atoms with E-state index in [0.29, 0.717) is 24.4 Å². The van der Waals surface area contributed by atoms with Crippen LogP contribution in [0, 0.1) is 17.6 Å². The molecular weight excluding hydrogens is 262 g/mol. The van der Waals surface area contributed by atoms with Crippen molar-refractivity contribution in [3.05, 3.63) is 35.4 Å². The molecule has 1 aliphatic rings. The zero-order valence-electron chi connectivity index (χ0n) is 11.4. The highest BCUT2D eigenvalue weighted by atomic mass is 19.1. The van der Waals surface area contributed by atoms with Gasteiger partial charge in [0.05, 0.1) is 6.54 Å². The summed E-state index contributed by atoms with van der Waals surface area (Å²) in [6, 6.07) is 3.69. The van der Waals surface area contributed by atoms with Crippen LogP contribution in [0.25, 0.3) is 0 Å². The van der Waals surface area contributed by atoms with Crippen molar-refractivity contribution in [2.75, 3.05) is 19.6 Å². The van der Waals surface area contributed by atoms with Crippen LogP contribution < -0.4 is 5.73 Å². The van der Waals surface area contributed by atoms with Gasteiger partial charge in [0, 0.05) is 19.2 Å². The van der Waals surface area contributed by atoms with E-state index < -0.39 is 11.6 Å². The quantitative estimate of drug-likeness (QED) is 0.919. The van der Waals surface area contributed by atoms with Crippen LogP contribution in [0.3, 0.4) is 0 Å². The topological polar surface area (TPSA) is 46.3 Å². The molecule has 0 aromatic heterocycles. The van der Waals surface area contributed by atoms with Gasteiger partial charge >= 0.3 is 0 Å². The van der Waals surface area contributed by atoms with E-state index in [4.69, 9.17) is 5.73 Å². The summed E-state index contributed by atoms with van der Waals surface area (Å²) in [5.74, 6) is -0.703. The highest BCUT2D eigenvalue weighted by molar-refractivity contribution is 5.78. The summed E-state index contributed by atoms with van der Waals surface area (Å²) in [5, 5.41) is 0. The predicted octanol–water partition coefficient (Wildman–Crippen LogP) is 2.09. The summed E-state index contributed by atoms with van der Waals surface area (Å²) >= 11 is 0. The Labute approximate surface area is 117 Å². The standard InChI is InChI=1S/C15H20F2N2O/c16-13-6-5-12(14(17)8-13)4-3-11-2-1-7-19(10-11)15(20)9-18/h5-6,8,11H,1-4,7,9-10,18H2/t11-/m0/s1. The van der Waals surface area contributed by atoms with Crippen molar-refractivity contribution in [1.82, 2.24) is 4.90 Å². The molecule has 1 aromatic rings. The zero-order chi connectivity index (χ0) is 14.5. The summed E-state index contributed by atoms with van der Waals surface area (Å²) < 4.78 is 26.4. The monoisotopic (exact) mass is 282 g/mol. The molecule has 0 unspecified atom stereocenters. The molecule has 0 saturated carbocycles. The number of aryl methyl sites for hydroxylation is 1. The Hall–Kier alpha value is -1.49. The van der Waals surface area contributed by atoms with E-state index in [1.807, 2.05) is 0 Å². The van der Waals surface area contributed by atoms with Crippen LogP contribution in [0.1, 0.15) is 24.8 Å². The normalized spacial score (nSPS) is 19.1. The first-order valence-corrected chi connectivity index (χ1v) is 7.02. The molecule has 1 fully saturated rings. The minimum Gasteiger partial charge on any atom is -0.341 e. The van der Waals surface area contributed by atoms with Gasteiger partial charge in [0.15, 0.2) is 0 Å². The number of likely N-dealkylation sites (tertiary alicyclic amines) is 1. The number of nitrogens with two attached hydrogens (primary N) is 1. The van der Waals surface area contributed by atoms with E-state index >= 15 is 0 Å². The lowest BCUT2D eigenvalue weighted by Gasteiger charge is -2.32. The molecular formula is C15H20F2N2O. The lowest BCUT2D eigenvalue weighted by Crippen LogP contribution is -2.43. The lowest BCUT2D eigenvalue weighted by molar-refractivity contribution is -0.131. The number of piperidine rings is 1. The summed E-state index contributed by atoms with van der Waals surface area (Å²) in [6.07, 6.45) is 3.37. The number of hydrogen-bond acceptors (Lipinski definition) is 2. The Morgan fingerprint density at radius 3 is 2.90 bits per heavy atom. The van der Waals surface area contributed by atoms with Crippen LogP contribution >= 0.6 is 0 Å². The fraction of sp³-hybridized carbons (Fsp3) is 0.533. The molecule has 1 atom stereocenters. The first-order valence-electron chi connectivity index (χ1n) is 7.02. The molecule has 5 heteroatoms. The second-order valence-electron chi connectivity index (χ2n) is 5.33. The molecule has 3 nitrogen and oxygen atoms in total. The van der Waals surface area contributed by atoms with Gasteiger partial charge in [-0.1, -0.05) is 6.07 Å². The third kappa shape index (κ3) is 3.76. The van der Waals surface area contributed by atoms with E-state index in [0.717, 1.165) is 31.9 Å². The molecule has 0 radical (unpaired) electrons. The Bertz CT molecular complexity index is 479. The van der Waals surface area contributed by atoms with E-state index in [1.165, 1.54) is 12.1 Å². The van der Waals surface area contributed by atoms with E-state index in [2.05, 4.69) is 0 Å². The van der Waals surface area contributed by atoms with Gasteiger partial charge in [-0.2, -0.15) is 0 Å². The van der Waals surface area contributed by atoms with Crippen molar-refractivity contribution in [2.24, 2.45) is 11.7 Å². The molecule has 1 aliphatic heterocycles. The molecule has 110 valence electrons. The second kappa shape index (κ2) is 6.79. The SMILES string of the molecule is NCC(=O)N1CCC[C@@H](CCc2ccc(F)cc2F)C1. The Morgan fingerprint density at radius 2 is 2.20 bits per heavy atom. The number of carbonyl (C=O) groups excluding carboxylic acids is 1. The van der Waals surface area contributed by atoms with Crippen LogP contribution in [-0.2, 0) is 11.2 Å². The Kier molecular flexibility index (Phi) is 5.06.